The quantitative estimate of drug-likeness (QED) is 0.287. The first-order valence-corrected chi connectivity index (χ1v) is 13.2. The van der Waals surface area contributed by atoms with Crippen LogP contribution < -0.4 is 15.4 Å². The van der Waals surface area contributed by atoms with Crippen molar-refractivity contribution in [1.82, 2.24) is 15.3 Å². The molecule has 0 radical (unpaired) electrons. The van der Waals surface area contributed by atoms with Gasteiger partial charge in [-0.15, -0.1) is 0 Å². The number of anilines is 1. The lowest BCUT2D eigenvalue weighted by atomic mass is 10.0. The second kappa shape index (κ2) is 10.7. The highest BCUT2D eigenvalue weighted by Gasteiger charge is 2.39. The number of ether oxygens (including phenoxy) is 1. The molecular weight excluding hydrogens is 468 g/mol. The van der Waals surface area contributed by atoms with Crippen LogP contribution in [0.1, 0.15) is 69.9 Å². The van der Waals surface area contributed by atoms with Gasteiger partial charge in [0.25, 0.3) is 5.91 Å². The smallest absolute Gasteiger partial charge is 0.252 e. The SMILES string of the molecule is C=C(C)S/C(=C(\C)Oc1ccc(C(=O)NC2(C)CC2)c2ccccc12)c1ccnc(NC(C)CC)n1. The first-order chi connectivity index (χ1) is 17.2. The van der Waals surface area contributed by atoms with Crippen LogP contribution in [0.25, 0.3) is 15.7 Å². The summed E-state index contributed by atoms with van der Waals surface area (Å²) in [4.78, 5) is 23.9. The third-order valence-electron chi connectivity index (χ3n) is 6.28. The molecule has 1 atom stereocenters. The van der Waals surface area contributed by atoms with Gasteiger partial charge in [-0.1, -0.05) is 49.5 Å². The molecule has 36 heavy (non-hydrogen) atoms. The summed E-state index contributed by atoms with van der Waals surface area (Å²) < 4.78 is 6.44. The molecule has 1 aliphatic carbocycles. The van der Waals surface area contributed by atoms with Crippen molar-refractivity contribution in [3.63, 3.8) is 0 Å². The van der Waals surface area contributed by atoms with E-state index < -0.39 is 0 Å². The normalized spacial score (nSPS) is 15.6. The Bertz CT molecular complexity index is 1330. The van der Waals surface area contributed by atoms with Gasteiger partial charge in [0.2, 0.25) is 5.95 Å². The van der Waals surface area contributed by atoms with Gasteiger partial charge in [-0.25, -0.2) is 9.97 Å². The standard InChI is InChI=1S/C29H34N4O2S/c1-7-19(4)31-28-30-17-14-24(32-28)26(36-18(2)3)20(5)35-25-13-12-23(21-10-8-9-11-22(21)25)27(34)33-29(6)15-16-29/h8-14,17,19H,2,7,15-16H2,1,3-6H3,(H,33,34)(H,30,31,32)/b26-20+. The third kappa shape index (κ3) is 6.08. The number of rotatable bonds is 10. The number of thioether (sulfide) groups is 1. The molecule has 6 nitrogen and oxygen atoms in total. The molecule has 4 rings (SSSR count). The van der Waals surface area contributed by atoms with E-state index in [1.165, 1.54) is 11.8 Å². The predicted octanol–water partition coefficient (Wildman–Crippen LogP) is 7.16. The van der Waals surface area contributed by atoms with Gasteiger partial charge in [0.15, 0.2) is 0 Å². The molecule has 2 aromatic carbocycles. The zero-order valence-electron chi connectivity index (χ0n) is 21.6. The molecule has 2 N–H and O–H groups in total. The number of carbonyl (C=O) groups is 1. The Morgan fingerprint density at radius 3 is 2.56 bits per heavy atom. The van der Waals surface area contributed by atoms with Crippen LogP contribution in [0.3, 0.4) is 0 Å². The summed E-state index contributed by atoms with van der Waals surface area (Å²) in [6, 6.07) is 13.7. The number of nitrogens with one attached hydrogen (secondary N) is 2. The number of nitrogens with zero attached hydrogens (tertiary/aromatic N) is 2. The molecule has 0 bridgehead atoms. The van der Waals surface area contributed by atoms with Crippen LogP contribution in [0.2, 0.25) is 0 Å². The van der Waals surface area contributed by atoms with Crippen molar-refractivity contribution >= 4 is 39.3 Å². The molecule has 1 aromatic heterocycles. The van der Waals surface area contributed by atoms with Crippen molar-refractivity contribution in [2.45, 2.75) is 65.5 Å². The fourth-order valence-corrected chi connectivity index (χ4v) is 4.53. The Hall–Kier alpha value is -3.32. The van der Waals surface area contributed by atoms with Gasteiger partial charge >= 0.3 is 0 Å². The summed E-state index contributed by atoms with van der Waals surface area (Å²) in [5.41, 5.74) is 1.33. The largest absolute Gasteiger partial charge is 0.460 e. The zero-order chi connectivity index (χ0) is 25.9. The van der Waals surface area contributed by atoms with Gasteiger partial charge in [-0.2, -0.15) is 0 Å². The maximum Gasteiger partial charge on any atom is 0.252 e. The molecule has 1 aliphatic rings. The van der Waals surface area contributed by atoms with E-state index in [9.17, 15) is 4.79 Å². The van der Waals surface area contributed by atoms with Crippen molar-refractivity contribution in [2.24, 2.45) is 0 Å². The summed E-state index contributed by atoms with van der Waals surface area (Å²) in [5, 5.41) is 8.24. The molecule has 0 spiro atoms. The molecule has 0 saturated heterocycles. The Morgan fingerprint density at radius 2 is 1.89 bits per heavy atom. The van der Waals surface area contributed by atoms with Crippen LogP contribution in [0.4, 0.5) is 5.95 Å². The highest BCUT2D eigenvalue weighted by atomic mass is 32.2. The average Bonchev–Trinajstić information content (AvgIpc) is 3.58. The zero-order valence-corrected chi connectivity index (χ0v) is 22.5. The van der Waals surface area contributed by atoms with Crippen molar-refractivity contribution in [3.8, 4) is 5.75 Å². The molecule has 7 heteroatoms. The van der Waals surface area contributed by atoms with Gasteiger partial charge in [0.1, 0.15) is 11.5 Å². The van der Waals surface area contributed by atoms with Crippen molar-refractivity contribution in [2.75, 3.05) is 5.32 Å². The number of hydrogen-bond acceptors (Lipinski definition) is 6. The van der Waals surface area contributed by atoms with Crippen molar-refractivity contribution in [1.29, 1.82) is 0 Å². The van der Waals surface area contributed by atoms with Crippen molar-refractivity contribution in [3.05, 3.63) is 77.2 Å². The minimum Gasteiger partial charge on any atom is -0.460 e. The Kier molecular flexibility index (Phi) is 7.69. The Balaban J connectivity index is 1.70. The molecule has 188 valence electrons. The van der Waals surface area contributed by atoms with Crippen molar-refractivity contribution < 1.29 is 9.53 Å². The molecule has 1 saturated carbocycles. The highest BCUT2D eigenvalue weighted by Crippen LogP contribution is 2.38. The Morgan fingerprint density at radius 1 is 1.17 bits per heavy atom. The third-order valence-corrected chi connectivity index (χ3v) is 7.33. The summed E-state index contributed by atoms with van der Waals surface area (Å²) in [6.45, 7) is 14.3. The van der Waals surface area contributed by atoms with Gasteiger partial charge < -0.3 is 15.4 Å². The van der Waals surface area contributed by atoms with Crippen LogP contribution in [-0.4, -0.2) is 27.5 Å². The second-order valence-electron chi connectivity index (χ2n) is 9.68. The monoisotopic (exact) mass is 502 g/mol. The lowest BCUT2D eigenvalue weighted by molar-refractivity contribution is 0.0937. The Labute approximate surface area is 217 Å². The van der Waals surface area contributed by atoms with E-state index in [2.05, 4.69) is 43.0 Å². The first kappa shape index (κ1) is 25.8. The van der Waals surface area contributed by atoms with Crippen LogP contribution in [0, 0.1) is 0 Å². The van der Waals surface area contributed by atoms with Gasteiger partial charge in [0.05, 0.1) is 10.6 Å². The number of allylic oxidation sites excluding steroid dienone is 2. The van der Waals surface area contributed by atoms with E-state index in [1.54, 1.807) is 6.20 Å². The van der Waals surface area contributed by atoms with E-state index in [1.807, 2.05) is 56.3 Å². The number of amides is 1. The van der Waals surface area contributed by atoms with E-state index in [0.717, 1.165) is 45.5 Å². The van der Waals surface area contributed by atoms with Crippen LogP contribution in [0.5, 0.6) is 5.75 Å². The van der Waals surface area contributed by atoms with Gasteiger partial charge in [-0.3, -0.25) is 4.79 Å². The highest BCUT2D eigenvalue weighted by molar-refractivity contribution is 8.11. The summed E-state index contributed by atoms with van der Waals surface area (Å²) >= 11 is 1.52. The minimum atomic E-state index is -0.0818. The van der Waals surface area contributed by atoms with Crippen LogP contribution >= 0.6 is 11.8 Å². The van der Waals surface area contributed by atoms with Gasteiger partial charge in [-0.05, 0) is 75.4 Å². The summed E-state index contributed by atoms with van der Waals surface area (Å²) in [5.74, 6) is 1.92. The molecule has 0 aliphatic heterocycles. The number of hydrogen-bond donors (Lipinski definition) is 2. The lowest BCUT2D eigenvalue weighted by Gasteiger charge is -2.17. The van der Waals surface area contributed by atoms with Crippen LogP contribution in [-0.2, 0) is 0 Å². The number of fused-ring (bicyclic) bond motifs is 1. The molecule has 3 aromatic rings. The fourth-order valence-electron chi connectivity index (χ4n) is 3.78. The molecular formula is C29H34N4O2S. The number of benzene rings is 2. The predicted molar refractivity (Wildman–Crippen MR) is 150 cm³/mol. The second-order valence-corrected chi connectivity index (χ2v) is 11.0. The first-order valence-electron chi connectivity index (χ1n) is 12.4. The fraction of sp³-hybridized carbons (Fsp3) is 0.345. The summed E-state index contributed by atoms with van der Waals surface area (Å²) in [6.07, 6.45) is 4.76. The van der Waals surface area contributed by atoms with E-state index in [0.29, 0.717) is 23.0 Å². The maximum absolute atomic E-state index is 13.0. The topological polar surface area (TPSA) is 76.1 Å². The van der Waals surface area contributed by atoms with E-state index in [4.69, 9.17) is 9.72 Å². The molecule has 1 amide bonds. The minimum absolute atomic E-state index is 0.0501. The van der Waals surface area contributed by atoms with E-state index in [-0.39, 0.29) is 17.5 Å². The summed E-state index contributed by atoms with van der Waals surface area (Å²) in [7, 11) is 0. The van der Waals surface area contributed by atoms with Crippen LogP contribution in [0.15, 0.2) is 65.9 Å². The molecule has 1 heterocycles. The maximum atomic E-state index is 13.0. The lowest BCUT2D eigenvalue weighted by Crippen LogP contribution is -2.34. The van der Waals surface area contributed by atoms with Gasteiger partial charge in [0, 0.05) is 28.7 Å². The van der Waals surface area contributed by atoms with E-state index >= 15 is 0 Å². The molecule has 1 unspecified atom stereocenters. The number of aromatic nitrogens is 2. The average molecular weight is 503 g/mol. The molecule has 1 fully saturated rings. The number of carbonyl (C=O) groups excluding carboxylic acids is 1.